The van der Waals surface area contributed by atoms with Crippen molar-refractivity contribution in [2.75, 3.05) is 0 Å². The average Bonchev–Trinajstić information content (AvgIpc) is 2.36. The van der Waals surface area contributed by atoms with Crippen LogP contribution in [0.4, 0.5) is 4.39 Å². The zero-order valence-electron chi connectivity index (χ0n) is 11.6. The largest absolute Gasteiger partial charge is 0.409 e. The molecule has 1 aromatic carbocycles. The number of hydrogen-bond acceptors (Lipinski definition) is 3. The van der Waals surface area contributed by atoms with Crippen LogP contribution in [0.2, 0.25) is 0 Å². The highest BCUT2D eigenvalue weighted by Gasteiger charge is 2.13. The van der Waals surface area contributed by atoms with E-state index < -0.39 is 5.82 Å². The monoisotopic (exact) mass is 268 g/mol. The van der Waals surface area contributed by atoms with E-state index in [9.17, 15) is 4.39 Å². The van der Waals surface area contributed by atoms with E-state index >= 15 is 0 Å². The lowest BCUT2D eigenvalue weighted by atomic mass is 10.1. The van der Waals surface area contributed by atoms with Crippen molar-refractivity contribution in [3.63, 3.8) is 0 Å². The van der Waals surface area contributed by atoms with Gasteiger partial charge in [-0.15, -0.1) is 0 Å². The molecule has 0 spiro atoms. The molecule has 1 rings (SSSR count). The minimum Gasteiger partial charge on any atom is -0.409 e. The van der Waals surface area contributed by atoms with Gasteiger partial charge in [-0.1, -0.05) is 31.1 Å². The molecule has 0 aliphatic heterocycles. The van der Waals surface area contributed by atoms with Gasteiger partial charge in [-0.3, -0.25) is 0 Å². The maximum Gasteiger partial charge on any atom is 0.173 e. The lowest BCUT2D eigenvalue weighted by Gasteiger charge is -2.16. The Morgan fingerprint density at radius 2 is 2.11 bits per heavy atom. The maximum atomic E-state index is 14.1. The topological polar surface area (TPSA) is 67.8 Å². The van der Waals surface area contributed by atoms with Gasteiger partial charge in [-0.2, -0.15) is 0 Å². The minimum atomic E-state index is -0.505. The maximum absolute atomic E-state index is 14.1. The molecule has 5 heteroatoms. The fraction of sp³-hybridized carbons (Fsp3) is 0.500. The SMILES string of the molecule is CC(C)CC(C)OCc1cccc(/C(N)=N/O)c1F. The van der Waals surface area contributed by atoms with E-state index in [4.69, 9.17) is 15.7 Å². The summed E-state index contributed by atoms with van der Waals surface area (Å²) in [7, 11) is 0. The summed E-state index contributed by atoms with van der Waals surface area (Å²) < 4.78 is 19.7. The molecule has 0 saturated heterocycles. The lowest BCUT2D eigenvalue weighted by Crippen LogP contribution is -2.17. The Kier molecular flexibility index (Phi) is 5.76. The van der Waals surface area contributed by atoms with Crippen LogP contribution in [0.15, 0.2) is 23.4 Å². The van der Waals surface area contributed by atoms with Crippen molar-refractivity contribution in [3.05, 3.63) is 35.1 Å². The van der Waals surface area contributed by atoms with E-state index in [-0.39, 0.29) is 24.1 Å². The third kappa shape index (κ3) is 4.52. The molecule has 0 aromatic heterocycles. The van der Waals surface area contributed by atoms with Crippen LogP contribution in [0.1, 0.15) is 38.3 Å². The summed E-state index contributed by atoms with van der Waals surface area (Å²) in [5.41, 5.74) is 5.89. The van der Waals surface area contributed by atoms with Crippen LogP contribution >= 0.6 is 0 Å². The third-order valence-corrected chi connectivity index (χ3v) is 2.79. The quantitative estimate of drug-likeness (QED) is 0.361. The Hall–Kier alpha value is -1.62. The van der Waals surface area contributed by atoms with E-state index in [2.05, 4.69) is 19.0 Å². The molecule has 3 N–H and O–H groups in total. The molecule has 0 heterocycles. The number of nitrogens with two attached hydrogens (primary N) is 1. The highest BCUT2D eigenvalue weighted by molar-refractivity contribution is 5.97. The molecular weight excluding hydrogens is 247 g/mol. The number of ether oxygens (including phenoxy) is 1. The molecule has 0 amide bonds. The summed E-state index contributed by atoms with van der Waals surface area (Å²) in [5.74, 6) is -0.215. The van der Waals surface area contributed by atoms with E-state index in [1.54, 1.807) is 12.1 Å². The third-order valence-electron chi connectivity index (χ3n) is 2.79. The second kappa shape index (κ2) is 7.09. The Morgan fingerprint density at radius 3 is 2.68 bits per heavy atom. The summed E-state index contributed by atoms with van der Waals surface area (Å²) >= 11 is 0. The average molecular weight is 268 g/mol. The van der Waals surface area contributed by atoms with Crippen molar-refractivity contribution in [2.24, 2.45) is 16.8 Å². The van der Waals surface area contributed by atoms with Crippen LogP contribution < -0.4 is 5.73 Å². The van der Waals surface area contributed by atoms with Crippen molar-refractivity contribution < 1.29 is 14.3 Å². The number of benzene rings is 1. The predicted octanol–water partition coefficient (Wildman–Crippen LogP) is 2.87. The zero-order chi connectivity index (χ0) is 14.4. The molecular formula is C14H21FN2O2. The predicted molar refractivity (Wildman–Crippen MR) is 72.6 cm³/mol. The summed E-state index contributed by atoms with van der Waals surface area (Å²) in [6.45, 7) is 6.36. The number of oxime groups is 1. The van der Waals surface area contributed by atoms with Crippen molar-refractivity contribution >= 4 is 5.84 Å². The standard InChI is InChI=1S/C14H21FN2O2/c1-9(2)7-10(3)19-8-11-5-4-6-12(13(11)15)14(16)17-18/h4-6,9-10,18H,7-8H2,1-3H3,(H2,16,17). The van der Waals surface area contributed by atoms with Crippen LogP contribution in [0.25, 0.3) is 0 Å². The second-order valence-corrected chi connectivity index (χ2v) is 5.02. The van der Waals surface area contributed by atoms with Crippen LogP contribution in [-0.4, -0.2) is 17.1 Å². The Bertz CT molecular complexity index is 447. The van der Waals surface area contributed by atoms with Gasteiger partial charge in [0, 0.05) is 5.56 Å². The molecule has 106 valence electrons. The molecule has 1 aromatic rings. The first kappa shape index (κ1) is 15.4. The van der Waals surface area contributed by atoms with Gasteiger partial charge >= 0.3 is 0 Å². The van der Waals surface area contributed by atoms with Gasteiger partial charge in [0.2, 0.25) is 0 Å². The Morgan fingerprint density at radius 1 is 1.42 bits per heavy atom. The van der Waals surface area contributed by atoms with Crippen LogP contribution in [0.5, 0.6) is 0 Å². The van der Waals surface area contributed by atoms with Gasteiger partial charge in [0.15, 0.2) is 5.84 Å². The van der Waals surface area contributed by atoms with Gasteiger partial charge in [0.25, 0.3) is 0 Å². The van der Waals surface area contributed by atoms with Gasteiger partial charge in [0.05, 0.1) is 18.3 Å². The fourth-order valence-corrected chi connectivity index (χ4v) is 1.91. The van der Waals surface area contributed by atoms with E-state index in [1.165, 1.54) is 6.07 Å². The first-order chi connectivity index (χ1) is 8.95. The first-order valence-electron chi connectivity index (χ1n) is 6.32. The van der Waals surface area contributed by atoms with Gasteiger partial charge < -0.3 is 15.7 Å². The van der Waals surface area contributed by atoms with Crippen LogP contribution in [-0.2, 0) is 11.3 Å². The van der Waals surface area contributed by atoms with E-state index in [1.807, 2.05) is 6.92 Å². The number of rotatable bonds is 6. The first-order valence-corrected chi connectivity index (χ1v) is 6.32. The van der Waals surface area contributed by atoms with Crippen molar-refractivity contribution in [3.8, 4) is 0 Å². The van der Waals surface area contributed by atoms with Gasteiger partial charge in [-0.25, -0.2) is 4.39 Å². The van der Waals surface area contributed by atoms with E-state index in [0.29, 0.717) is 11.5 Å². The smallest absolute Gasteiger partial charge is 0.173 e. The van der Waals surface area contributed by atoms with Gasteiger partial charge in [0.1, 0.15) is 5.82 Å². The van der Waals surface area contributed by atoms with Gasteiger partial charge in [-0.05, 0) is 25.3 Å². The van der Waals surface area contributed by atoms with Crippen LogP contribution in [0.3, 0.4) is 0 Å². The lowest BCUT2D eigenvalue weighted by molar-refractivity contribution is 0.0382. The minimum absolute atomic E-state index is 0.0620. The molecule has 0 aliphatic carbocycles. The zero-order valence-corrected chi connectivity index (χ0v) is 11.6. The molecule has 1 unspecified atom stereocenters. The number of nitrogens with zero attached hydrogens (tertiary/aromatic N) is 1. The number of halogens is 1. The summed E-state index contributed by atoms with van der Waals surface area (Å²) in [6.07, 6.45) is 0.980. The van der Waals surface area contributed by atoms with E-state index in [0.717, 1.165) is 6.42 Å². The highest BCUT2D eigenvalue weighted by atomic mass is 19.1. The molecule has 19 heavy (non-hydrogen) atoms. The second-order valence-electron chi connectivity index (χ2n) is 5.02. The van der Waals surface area contributed by atoms with Crippen molar-refractivity contribution in [2.45, 2.75) is 39.9 Å². The number of hydrogen-bond donors (Lipinski definition) is 2. The molecule has 0 radical (unpaired) electrons. The van der Waals surface area contributed by atoms with Crippen molar-refractivity contribution in [1.29, 1.82) is 0 Å². The normalized spacial score (nSPS) is 13.8. The summed E-state index contributed by atoms with van der Waals surface area (Å²) in [4.78, 5) is 0. The molecule has 4 nitrogen and oxygen atoms in total. The van der Waals surface area contributed by atoms with Crippen LogP contribution in [0, 0.1) is 11.7 Å². The Labute approximate surface area is 113 Å². The molecule has 0 fully saturated rings. The van der Waals surface area contributed by atoms with Crippen molar-refractivity contribution in [1.82, 2.24) is 0 Å². The summed E-state index contributed by atoms with van der Waals surface area (Å²) in [6, 6.07) is 4.75. The fourth-order valence-electron chi connectivity index (χ4n) is 1.91. The molecule has 1 atom stereocenters. The summed E-state index contributed by atoms with van der Waals surface area (Å²) in [5, 5.41) is 11.4. The Balaban J connectivity index is 2.74. The molecule has 0 aliphatic rings. The highest BCUT2D eigenvalue weighted by Crippen LogP contribution is 2.16. The molecule has 0 bridgehead atoms. The number of amidine groups is 1. The molecule has 0 saturated carbocycles.